The number of ketones is 1. The third kappa shape index (κ3) is 3.50. The molecule has 4 aromatic rings. The van der Waals surface area contributed by atoms with Gasteiger partial charge >= 0.3 is 0 Å². The summed E-state index contributed by atoms with van der Waals surface area (Å²) >= 11 is 0. The first-order valence-electron chi connectivity index (χ1n) is 10.1. The number of fused-ring (bicyclic) bond motifs is 1. The lowest BCUT2D eigenvalue weighted by Crippen LogP contribution is -2.37. The summed E-state index contributed by atoms with van der Waals surface area (Å²) in [7, 11) is 0. The summed E-state index contributed by atoms with van der Waals surface area (Å²) in [5, 5.41) is 0. The van der Waals surface area contributed by atoms with Crippen LogP contribution >= 0.6 is 0 Å². The Kier molecular flexibility index (Phi) is 4.64. The minimum atomic E-state index is -0.181. The highest BCUT2D eigenvalue weighted by atomic mass is 16.2. The van der Waals surface area contributed by atoms with Crippen molar-refractivity contribution < 1.29 is 9.59 Å². The second-order valence-electron chi connectivity index (χ2n) is 7.68. The van der Waals surface area contributed by atoms with Gasteiger partial charge in [-0.2, -0.15) is 0 Å². The zero-order valence-corrected chi connectivity index (χ0v) is 16.4. The molecule has 1 aromatic heterocycles. The number of para-hydroxylation sites is 2. The fourth-order valence-electron chi connectivity index (χ4n) is 4.10. The maximum Gasteiger partial charge on any atom is 0.254 e. The first-order chi connectivity index (χ1) is 14.7. The van der Waals surface area contributed by atoms with Gasteiger partial charge in [-0.25, -0.2) is 4.98 Å². The van der Waals surface area contributed by atoms with E-state index in [9.17, 15) is 9.59 Å². The summed E-state index contributed by atoms with van der Waals surface area (Å²) in [6.45, 7) is 0.157. The summed E-state index contributed by atoms with van der Waals surface area (Å²) in [5.74, 6) is 0.778. The van der Waals surface area contributed by atoms with Gasteiger partial charge < -0.3 is 9.88 Å². The molecule has 0 bridgehead atoms. The molecule has 1 aliphatic heterocycles. The molecule has 1 N–H and O–H groups in total. The van der Waals surface area contributed by atoms with Gasteiger partial charge in [0.05, 0.1) is 17.6 Å². The number of likely N-dealkylation sites (tertiary alicyclic amines) is 1. The van der Waals surface area contributed by atoms with Crippen molar-refractivity contribution in [1.29, 1.82) is 0 Å². The highest BCUT2D eigenvalue weighted by molar-refractivity contribution is 5.99. The highest BCUT2D eigenvalue weighted by Gasteiger charge is 2.35. The predicted octanol–water partition coefficient (Wildman–Crippen LogP) is 4.26. The molecule has 5 heteroatoms. The van der Waals surface area contributed by atoms with Crippen LogP contribution in [0.4, 0.5) is 0 Å². The molecule has 5 nitrogen and oxygen atoms in total. The van der Waals surface area contributed by atoms with Crippen molar-refractivity contribution in [2.45, 2.75) is 18.9 Å². The number of aromatic amines is 1. The number of amides is 1. The van der Waals surface area contributed by atoms with Gasteiger partial charge in [0.25, 0.3) is 5.91 Å². The van der Waals surface area contributed by atoms with E-state index in [0.717, 1.165) is 28.0 Å². The van der Waals surface area contributed by atoms with Crippen LogP contribution < -0.4 is 0 Å². The average molecular weight is 395 g/mol. The molecule has 1 amide bonds. The molecule has 0 saturated carbocycles. The Bertz CT molecular complexity index is 1180. The van der Waals surface area contributed by atoms with Crippen molar-refractivity contribution in [2.75, 3.05) is 6.54 Å². The summed E-state index contributed by atoms with van der Waals surface area (Å²) < 4.78 is 0. The van der Waals surface area contributed by atoms with Crippen LogP contribution in [0, 0.1) is 0 Å². The molecule has 1 aliphatic rings. The van der Waals surface area contributed by atoms with Gasteiger partial charge in [0, 0.05) is 24.4 Å². The molecule has 1 atom stereocenters. The van der Waals surface area contributed by atoms with Gasteiger partial charge in [-0.15, -0.1) is 0 Å². The lowest BCUT2D eigenvalue weighted by atomic mass is 10.0. The number of aromatic nitrogens is 2. The SMILES string of the molecule is O=C1CC(Cc2nc3ccccc3[nH]2)N(C(=O)c2ccc(-c3ccccc3)cc2)C1. The minimum absolute atomic E-state index is 0.0883. The summed E-state index contributed by atoms with van der Waals surface area (Å²) in [6.07, 6.45) is 0.902. The van der Waals surface area contributed by atoms with Crippen LogP contribution in [0.5, 0.6) is 0 Å². The summed E-state index contributed by atoms with van der Waals surface area (Å²) in [6, 6.07) is 25.3. The van der Waals surface area contributed by atoms with Crippen molar-refractivity contribution in [3.63, 3.8) is 0 Å². The average Bonchev–Trinajstić information content (AvgIpc) is 3.36. The number of Topliss-reactive ketones (excluding diaryl/α,β-unsaturated/α-hetero) is 1. The van der Waals surface area contributed by atoms with Gasteiger partial charge in [-0.05, 0) is 35.4 Å². The van der Waals surface area contributed by atoms with E-state index in [0.29, 0.717) is 18.4 Å². The quantitative estimate of drug-likeness (QED) is 0.562. The molecule has 5 rings (SSSR count). The second kappa shape index (κ2) is 7.59. The number of imidazole rings is 1. The zero-order valence-electron chi connectivity index (χ0n) is 16.4. The third-order valence-electron chi connectivity index (χ3n) is 5.62. The Morgan fingerprint density at radius 3 is 2.40 bits per heavy atom. The molecule has 1 fully saturated rings. The zero-order chi connectivity index (χ0) is 20.5. The Labute approximate surface area is 174 Å². The standard InChI is InChI=1S/C25H21N3O2/c29-21-14-20(15-24-26-22-8-4-5-9-23(22)27-24)28(16-21)25(30)19-12-10-18(11-13-19)17-6-2-1-3-7-17/h1-13,20H,14-16H2,(H,26,27). The number of benzene rings is 3. The minimum Gasteiger partial charge on any atom is -0.342 e. The molecule has 0 aliphatic carbocycles. The Hall–Kier alpha value is -3.73. The number of nitrogens with one attached hydrogen (secondary N) is 1. The van der Waals surface area contributed by atoms with Crippen molar-refractivity contribution in [3.05, 3.63) is 90.3 Å². The van der Waals surface area contributed by atoms with E-state index >= 15 is 0 Å². The largest absolute Gasteiger partial charge is 0.342 e. The number of hydrogen-bond donors (Lipinski definition) is 1. The molecular weight excluding hydrogens is 374 g/mol. The van der Waals surface area contributed by atoms with Crippen molar-refractivity contribution in [3.8, 4) is 11.1 Å². The van der Waals surface area contributed by atoms with E-state index < -0.39 is 0 Å². The van der Waals surface area contributed by atoms with Crippen LogP contribution in [0.1, 0.15) is 22.6 Å². The van der Waals surface area contributed by atoms with E-state index in [-0.39, 0.29) is 24.3 Å². The van der Waals surface area contributed by atoms with Gasteiger partial charge in [0.15, 0.2) is 5.78 Å². The number of H-pyrrole nitrogens is 1. The second-order valence-corrected chi connectivity index (χ2v) is 7.68. The van der Waals surface area contributed by atoms with Crippen LogP contribution in [-0.2, 0) is 11.2 Å². The van der Waals surface area contributed by atoms with E-state index in [4.69, 9.17) is 0 Å². The fraction of sp³-hybridized carbons (Fsp3) is 0.160. The van der Waals surface area contributed by atoms with E-state index in [1.165, 1.54) is 0 Å². The molecule has 0 radical (unpaired) electrons. The highest BCUT2D eigenvalue weighted by Crippen LogP contribution is 2.24. The number of carbonyl (C=O) groups is 2. The monoisotopic (exact) mass is 395 g/mol. The van der Waals surface area contributed by atoms with E-state index in [1.54, 1.807) is 4.90 Å². The topological polar surface area (TPSA) is 66.1 Å². The van der Waals surface area contributed by atoms with Gasteiger partial charge in [-0.3, -0.25) is 9.59 Å². The molecule has 1 saturated heterocycles. The molecule has 0 spiro atoms. The Morgan fingerprint density at radius 2 is 1.63 bits per heavy atom. The van der Waals surface area contributed by atoms with Crippen LogP contribution in [0.2, 0.25) is 0 Å². The van der Waals surface area contributed by atoms with Crippen LogP contribution in [-0.4, -0.2) is 39.1 Å². The van der Waals surface area contributed by atoms with Gasteiger partial charge in [-0.1, -0.05) is 54.6 Å². The van der Waals surface area contributed by atoms with Gasteiger partial charge in [0.2, 0.25) is 0 Å². The van der Waals surface area contributed by atoms with Crippen molar-refractivity contribution >= 4 is 22.7 Å². The third-order valence-corrected chi connectivity index (χ3v) is 5.62. The van der Waals surface area contributed by atoms with Crippen molar-refractivity contribution in [1.82, 2.24) is 14.9 Å². The summed E-state index contributed by atoms with van der Waals surface area (Å²) in [5.41, 5.74) is 4.62. The van der Waals surface area contributed by atoms with E-state index in [1.807, 2.05) is 78.9 Å². The normalized spacial score (nSPS) is 16.3. The molecule has 148 valence electrons. The molecule has 30 heavy (non-hydrogen) atoms. The molecule has 3 aromatic carbocycles. The first kappa shape index (κ1) is 18.3. The lowest BCUT2D eigenvalue weighted by Gasteiger charge is -2.23. The Morgan fingerprint density at radius 1 is 0.933 bits per heavy atom. The fourth-order valence-corrected chi connectivity index (χ4v) is 4.10. The van der Waals surface area contributed by atoms with Crippen LogP contribution in [0.3, 0.4) is 0 Å². The van der Waals surface area contributed by atoms with E-state index in [2.05, 4.69) is 9.97 Å². The Balaban J connectivity index is 1.36. The smallest absolute Gasteiger partial charge is 0.254 e. The number of rotatable bonds is 4. The molecular formula is C25H21N3O2. The number of nitrogens with zero attached hydrogens (tertiary/aromatic N) is 2. The van der Waals surface area contributed by atoms with Gasteiger partial charge in [0.1, 0.15) is 5.82 Å². The molecule has 1 unspecified atom stereocenters. The predicted molar refractivity (Wildman–Crippen MR) is 116 cm³/mol. The number of carbonyl (C=O) groups excluding carboxylic acids is 2. The molecule has 2 heterocycles. The maximum absolute atomic E-state index is 13.2. The summed E-state index contributed by atoms with van der Waals surface area (Å²) in [4.78, 5) is 34.9. The lowest BCUT2D eigenvalue weighted by molar-refractivity contribution is -0.116. The van der Waals surface area contributed by atoms with Crippen LogP contribution in [0.25, 0.3) is 22.2 Å². The maximum atomic E-state index is 13.2. The van der Waals surface area contributed by atoms with Crippen LogP contribution in [0.15, 0.2) is 78.9 Å². The first-order valence-corrected chi connectivity index (χ1v) is 10.1. The number of hydrogen-bond acceptors (Lipinski definition) is 3. The van der Waals surface area contributed by atoms with Crippen molar-refractivity contribution in [2.24, 2.45) is 0 Å².